The molecule has 0 aromatic heterocycles. The molecular weight excluding hydrogens is 200 g/mol. The third-order valence-corrected chi connectivity index (χ3v) is 5.58. The summed E-state index contributed by atoms with van der Waals surface area (Å²) >= 11 is 0. The lowest BCUT2D eigenvalue weighted by atomic mass is 9.61. The second-order valence-electron chi connectivity index (χ2n) is 6.14. The van der Waals surface area contributed by atoms with E-state index in [0.29, 0.717) is 5.92 Å². The quantitative estimate of drug-likeness (QED) is 0.739. The second-order valence-corrected chi connectivity index (χ2v) is 6.14. The van der Waals surface area contributed by atoms with Gasteiger partial charge in [-0.15, -0.1) is 0 Å². The second kappa shape index (κ2) is 4.05. The molecule has 3 saturated carbocycles. The van der Waals surface area contributed by atoms with Crippen molar-refractivity contribution in [3.63, 3.8) is 0 Å². The van der Waals surface area contributed by atoms with Crippen LogP contribution < -0.4 is 0 Å². The Balaban J connectivity index is 1.77. The minimum absolute atomic E-state index is 0.00660. The molecule has 0 heterocycles. The first-order valence-corrected chi connectivity index (χ1v) is 7.00. The van der Waals surface area contributed by atoms with E-state index < -0.39 is 5.97 Å². The molecule has 0 amide bonds. The Morgan fingerprint density at radius 3 is 2.38 bits per heavy atom. The van der Waals surface area contributed by atoms with E-state index in [1.165, 1.54) is 44.9 Å². The average molecular weight is 222 g/mol. The lowest BCUT2D eigenvalue weighted by Crippen LogP contribution is -2.36. The van der Waals surface area contributed by atoms with Gasteiger partial charge in [0.15, 0.2) is 0 Å². The average Bonchev–Trinajstić information content (AvgIpc) is 2.73. The molecule has 90 valence electrons. The molecule has 3 rings (SSSR count). The Morgan fingerprint density at radius 2 is 1.56 bits per heavy atom. The normalized spacial score (nSPS) is 47.1. The fourth-order valence-corrected chi connectivity index (χ4v) is 4.92. The molecule has 0 aromatic rings. The largest absolute Gasteiger partial charge is 0.481 e. The summed E-state index contributed by atoms with van der Waals surface area (Å²) in [6.45, 7) is 0. The third kappa shape index (κ3) is 1.57. The van der Waals surface area contributed by atoms with Crippen LogP contribution in [0, 0.1) is 29.6 Å². The van der Waals surface area contributed by atoms with Gasteiger partial charge in [0.25, 0.3) is 0 Å². The van der Waals surface area contributed by atoms with Crippen molar-refractivity contribution in [3.8, 4) is 0 Å². The smallest absolute Gasteiger partial charge is 0.306 e. The van der Waals surface area contributed by atoms with E-state index in [2.05, 4.69) is 0 Å². The van der Waals surface area contributed by atoms with Gasteiger partial charge in [-0.2, -0.15) is 0 Å². The van der Waals surface area contributed by atoms with E-state index >= 15 is 0 Å². The minimum Gasteiger partial charge on any atom is -0.481 e. The highest BCUT2D eigenvalue weighted by Crippen LogP contribution is 2.54. The highest BCUT2D eigenvalue weighted by atomic mass is 16.4. The van der Waals surface area contributed by atoms with E-state index in [0.717, 1.165) is 24.2 Å². The maximum absolute atomic E-state index is 11.2. The van der Waals surface area contributed by atoms with Crippen molar-refractivity contribution < 1.29 is 9.90 Å². The zero-order valence-corrected chi connectivity index (χ0v) is 9.90. The van der Waals surface area contributed by atoms with Gasteiger partial charge < -0.3 is 5.11 Å². The molecule has 3 aliphatic carbocycles. The molecule has 1 N–H and O–H groups in total. The Morgan fingerprint density at radius 1 is 0.812 bits per heavy atom. The topological polar surface area (TPSA) is 37.3 Å². The monoisotopic (exact) mass is 222 g/mol. The minimum atomic E-state index is -0.526. The fraction of sp³-hybridized carbons (Fsp3) is 0.929. The summed E-state index contributed by atoms with van der Waals surface area (Å²) < 4.78 is 0. The number of carboxylic acids is 1. The first kappa shape index (κ1) is 10.6. The molecule has 16 heavy (non-hydrogen) atoms. The lowest BCUT2D eigenvalue weighted by molar-refractivity contribution is -0.144. The molecule has 3 aliphatic rings. The van der Waals surface area contributed by atoms with Gasteiger partial charge in [-0.3, -0.25) is 4.79 Å². The van der Waals surface area contributed by atoms with Crippen LogP contribution in [0.4, 0.5) is 0 Å². The number of rotatable bonds is 1. The summed E-state index contributed by atoms with van der Waals surface area (Å²) in [7, 11) is 0. The highest BCUT2D eigenvalue weighted by molar-refractivity contribution is 5.70. The number of fused-ring (bicyclic) bond motifs is 3. The van der Waals surface area contributed by atoms with Crippen LogP contribution in [-0.4, -0.2) is 11.1 Å². The molecule has 2 nitrogen and oxygen atoms in total. The predicted molar refractivity (Wildman–Crippen MR) is 62.0 cm³/mol. The number of carbonyl (C=O) groups is 1. The van der Waals surface area contributed by atoms with Gasteiger partial charge in [0, 0.05) is 0 Å². The Kier molecular flexibility index (Phi) is 2.68. The number of carboxylic acid groups (broad SMARTS) is 1. The summed E-state index contributed by atoms with van der Waals surface area (Å²) in [4.78, 5) is 11.2. The van der Waals surface area contributed by atoms with Crippen molar-refractivity contribution in [1.82, 2.24) is 0 Å². The van der Waals surface area contributed by atoms with Crippen LogP contribution in [0.1, 0.15) is 51.4 Å². The SMILES string of the molecule is O=C(O)C1CCC2C3CCCCC3CCC12. The first-order chi connectivity index (χ1) is 7.77. The van der Waals surface area contributed by atoms with Gasteiger partial charge in [0.05, 0.1) is 5.92 Å². The molecule has 0 aliphatic heterocycles. The van der Waals surface area contributed by atoms with Gasteiger partial charge in [-0.1, -0.05) is 19.3 Å². The molecule has 0 spiro atoms. The molecule has 2 heteroatoms. The molecule has 0 saturated heterocycles. The molecule has 3 fully saturated rings. The number of hydrogen-bond acceptors (Lipinski definition) is 1. The molecular formula is C14H22O2. The molecule has 0 bridgehead atoms. The zero-order chi connectivity index (χ0) is 11.1. The molecule has 5 unspecified atom stereocenters. The van der Waals surface area contributed by atoms with Crippen LogP contribution >= 0.6 is 0 Å². The van der Waals surface area contributed by atoms with Gasteiger partial charge in [0.1, 0.15) is 0 Å². The van der Waals surface area contributed by atoms with Gasteiger partial charge >= 0.3 is 5.97 Å². The van der Waals surface area contributed by atoms with Crippen molar-refractivity contribution in [2.75, 3.05) is 0 Å². The maximum atomic E-state index is 11.2. The van der Waals surface area contributed by atoms with Crippen molar-refractivity contribution in [2.45, 2.75) is 51.4 Å². The highest BCUT2D eigenvalue weighted by Gasteiger charge is 2.48. The van der Waals surface area contributed by atoms with Crippen LogP contribution in [0.5, 0.6) is 0 Å². The summed E-state index contributed by atoms with van der Waals surface area (Å²) in [6, 6.07) is 0. The van der Waals surface area contributed by atoms with Crippen LogP contribution in [0.25, 0.3) is 0 Å². The van der Waals surface area contributed by atoms with Crippen LogP contribution in [0.3, 0.4) is 0 Å². The van der Waals surface area contributed by atoms with Crippen LogP contribution in [0.2, 0.25) is 0 Å². The predicted octanol–water partition coefficient (Wildman–Crippen LogP) is 3.31. The first-order valence-electron chi connectivity index (χ1n) is 7.00. The van der Waals surface area contributed by atoms with Crippen molar-refractivity contribution in [2.24, 2.45) is 29.6 Å². The fourth-order valence-electron chi connectivity index (χ4n) is 4.92. The van der Waals surface area contributed by atoms with E-state index in [1.807, 2.05) is 0 Å². The Labute approximate surface area is 97.4 Å². The van der Waals surface area contributed by atoms with Crippen LogP contribution in [-0.2, 0) is 4.79 Å². The Bertz CT molecular complexity index is 286. The van der Waals surface area contributed by atoms with Gasteiger partial charge in [0.2, 0.25) is 0 Å². The molecule has 0 aromatic carbocycles. The van der Waals surface area contributed by atoms with E-state index in [4.69, 9.17) is 0 Å². The maximum Gasteiger partial charge on any atom is 0.306 e. The summed E-state index contributed by atoms with van der Waals surface area (Å²) in [6.07, 6.45) is 10.3. The number of hydrogen-bond donors (Lipinski definition) is 1. The van der Waals surface area contributed by atoms with Gasteiger partial charge in [-0.25, -0.2) is 0 Å². The van der Waals surface area contributed by atoms with E-state index in [1.54, 1.807) is 0 Å². The summed E-state index contributed by atoms with van der Waals surface area (Å²) in [5, 5.41) is 9.25. The summed E-state index contributed by atoms with van der Waals surface area (Å²) in [5.74, 6) is 2.59. The van der Waals surface area contributed by atoms with Crippen LogP contribution in [0.15, 0.2) is 0 Å². The standard InChI is InChI=1S/C14H22O2/c15-14(16)13-8-7-11-10-4-2-1-3-9(10)5-6-12(11)13/h9-13H,1-8H2,(H,15,16). The van der Waals surface area contributed by atoms with Crippen molar-refractivity contribution >= 4 is 5.97 Å². The molecule has 5 atom stereocenters. The van der Waals surface area contributed by atoms with E-state index in [9.17, 15) is 9.90 Å². The molecule has 0 radical (unpaired) electrons. The summed E-state index contributed by atoms with van der Waals surface area (Å²) in [5.41, 5.74) is 0. The van der Waals surface area contributed by atoms with Gasteiger partial charge in [-0.05, 0) is 55.8 Å². The van der Waals surface area contributed by atoms with Crippen molar-refractivity contribution in [3.05, 3.63) is 0 Å². The Hall–Kier alpha value is -0.530. The zero-order valence-electron chi connectivity index (χ0n) is 9.90. The van der Waals surface area contributed by atoms with Crippen molar-refractivity contribution in [1.29, 1.82) is 0 Å². The van der Waals surface area contributed by atoms with E-state index in [-0.39, 0.29) is 5.92 Å². The third-order valence-electron chi connectivity index (χ3n) is 5.58. The lowest BCUT2D eigenvalue weighted by Gasteiger charge is -2.43. The number of aliphatic carboxylic acids is 1.